The molecule has 0 aliphatic rings. The molecule has 16 heteroatoms. The number of carbonyl (C=O) groups excluding carboxylic acids is 3. The van der Waals surface area contributed by atoms with E-state index in [2.05, 4.69) is 68.7 Å². The van der Waals surface area contributed by atoms with Crippen LogP contribution in [0.25, 0.3) is 5.69 Å². The van der Waals surface area contributed by atoms with Crippen molar-refractivity contribution in [2.24, 2.45) is 5.14 Å². The standard InChI is InChI=1S/C50H56N6O9S/c1-7-49(3,4)34-17-19-42(40(28-34)50(5,6)8-2)65-41-20-18-36(53-48(62)39-26-31(21-23-57)25-32(22-24-58)45(39)66(51,63)64)29-38(41)47(61)52-35-14-12-13-33(27-35)46(60)54-43-30-44(59)56(55-43)37-15-10-9-11-16-37/h9-20,25-30,55,57-58H,7-8,21-24H2,1-6H3,(H,52,61)(H,53,62)(H,54,60)(H2,51,63,64). The number of aliphatic hydroxyl groups excluding tert-OH is 2. The third-order valence-corrected chi connectivity index (χ3v) is 12.9. The average Bonchev–Trinajstić information content (AvgIpc) is 3.65. The second-order valence-electron chi connectivity index (χ2n) is 17.2. The first-order valence-electron chi connectivity index (χ1n) is 21.6. The zero-order chi connectivity index (χ0) is 48.0. The van der Waals surface area contributed by atoms with Gasteiger partial charge in [0.15, 0.2) is 0 Å². The van der Waals surface area contributed by atoms with E-state index < -0.39 is 39.2 Å². The summed E-state index contributed by atoms with van der Waals surface area (Å²) in [4.78, 5) is 54.2. The van der Waals surface area contributed by atoms with E-state index in [1.54, 1.807) is 42.5 Å². The highest BCUT2D eigenvalue weighted by molar-refractivity contribution is 7.89. The Balaban J connectivity index is 1.38. The van der Waals surface area contributed by atoms with Crippen molar-refractivity contribution >= 4 is 44.9 Å². The first-order valence-corrected chi connectivity index (χ1v) is 23.1. The summed E-state index contributed by atoms with van der Waals surface area (Å²) in [5.74, 6) is -1.33. The number of aromatic nitrogens is 2. The van der Waals surface area contributed by atoms with Crippen molar-refractivity contribution in [2.45, 2.75) is 83.0 Å². The topological polar surface area (TPSA) is 235 Å². The minimum absolute atomic E-state index is 0.0256. The highest BCUT2D eigenvalue weighted by Crippen LogP contribution is 2.41. The van der Waals surface area contributed by atoms with Gasteiger partial charge in [-0.05, 0) is 114 Å². The molecule has 0 fully saturated rings. The Labute approximate surface area is 384 Å². The van der Waals surface area contributed by atoms with E-state index in [9.17, 15) is 37.8 Å². The first kappa shape index (κ1) is 48.6. The van der Waals surface area contributed by atoms with Crippen molar-refractivity contribution in [3.8, 4) is 17.2 Å². The Hall–Kier alpha value is -6.85. The number of anilines is 3. The third kappa shape index (κ3) is 11.1. The van der Waals surface area contributed by atoms with Crippen LogP contribution < -0.4 is 31.4 Å². The zero-order valence-electron chi connectivity index (χ0n) is 37.8. The molecule has 15 nitrogen and oxygen atoms in total. The van der Waals surface area contributed by atoms with E-state index in [1.807, 2.05) is 18.2 Å². The largest absolute Gasteiger partial charge is 0.456 e. The Kier molecular flexibility index (Phi) is 14.8. The molecule has 346 valence electrons. The van der Waals surface area contributed by atoms with Gasteiger partial charge < -0.3 is 30.9 Å². The van der Waals surface area contributed by atoms with Crippen LogP contribution in [0.15, 0.2) is 119 Å². The summed E-state index contributed by atoms with van der Waals surface area (Å²) in [5, 5.41) is 36.1. The smallest absolute Gasteiger partial charge is 0.273 e. The molecule has 66 heavy (non-hydrogen) atoms. The zero-order valence-corrected chi connectivity index (χ0v) is 38.6. The summed E-state index contributed by atoms with van der Waals surface area (Å²) < 4.78 is 33.7. The Morgan fingerprint density at radius 3 is 2.00 bits per heavy atom. The lowest BCUT2D eigenvalue weighted by atomic mass is 9.76. The number of rotatable bonds is 18. The molecule has 1 aromatic heterocycles. The fourth-order valence-corrected chi connectivity index (χ4v) is 8.34. The Bertz CT molecular complexity index is 2940. The molecule has 3 amide bonds. The predicted molar refractivity (Wildman–Crippen MR) is 256 cm³/mol. The van der Waals surface area contributed by atoms with Crippen molar-refractivity contribution in [1.82, 2.24) is 9.78 Å². The normalized spacial score (nSPS) is 11.8. The summed E-state index contributed by atoms with van der Waals surface area (Å²) in [6, 6.07) is 29.5. The molecule has 8 N–H and O–H groups in total. The van der Waals surface area contributed by atoms with Gasteiger partial charge in [0.1, 0.15) is 17.3 Å². The summed E-state index contributed by atoms with van der Waals surface area (Å²) >= 11 is 0. The minimum atomic E-state index is -4.49. The van der Waals surface area contributed by atoms with E-state index in [-0.39, 0.29) is 81.0 Å². The SMILES string of the molecule is CCC(C)(C)c1ccc(Oc2ccc(NC(=O)c3cc(CCO)cc(CCO)c3S(N)(=O)=O)cc2C(=O)Nc2cccc(C(=O)Nc3cc(=O)n(-c4ccccc4)[nH]3)c2)c(C(C)(C)CC)c1. The summed E-state index contributed by atoms with van der Waals surface area (Å²) in [6.45, 7) is 12.1. The first-order chi connectivity index (χ1) is 31.3. The number of aliphatic hydroxyl groups is 2. The molecular weight excluding hydrogens is 861 g/mol. The molecule has 0 radical (unpaired) electrons. The van der Waals surface area contributed by atoms with Crippen molar-refractivity contribution in [1.29, 1.82) is 0 Å². The molecule has 1 heterocycles. The van der Waals surface area contributed by atoms with Gasteiger partial charge in [0.2, 0.25) is 10.0 Å². The van der Waals surface area contributed by atoms with E-state index in [4.69, 9.17) is 9.88 Å². The highest BCUT2D eigenvalue weighted by Gasteiger charge is 2.29. The molecule has 5 aromatic carbocycles. The van der Waals surface area contributed by atoms with Gasteiger partial charge in [0, 0.05) is 41.8 Å². The van der Waals surface area contributed by atoms with Crippen LogP contribution in [-0.4, -0.2) is 59.3 Å². The quantitative estimate of drug-likeness (QED) is 0.0445. The number of nitrogens with two attached hydrogens (primary N) is 1. The van der Waals surface area contributed by atoms with Crippen molar-refractivity contribution in [3.05, 3.63) is 158 Å². The fraction of sp³-hybridized carbons (Fsp3) is 0.280. The van der Waals surface area contributed by atoms with Gasteiger partial charge in [-0.3, -0.25) is 24.3 Å². The van der Waals surface area contributed by atoms with Crippen LogP contribution in [0.2, 0.25) is 0 Å². The van der Waals surface area contributed by atoms with Crippen LogP contribution in [0, 0.1) is 0 Å². The number of sulfonamides is 1. The van der Waals surface area contributed by atoms with Gasteiger partial charge in [0.25, 0.3) is 23.3 Å². The van der Waals surface area contributed by atoms with E-state index >= 15 is 0 Å². The van der Waals surface area contributed by atoms with E-state index in [0.717, 1.165) is 24.0 Å². The molecule has 6 rings (SSSR count). The molecule has 0 spiro atoms. The van der Waals surface area contributed by atoms with Crippen LogP contribution >= 0.6 is 0 Å². The molecule has 0 aliphatic heterocycles. The molecule has 6 aromatic rings. The van der Waals surface area contributed by atoms with E-state index in [1.165, 1.54) is 47.1 Å². The van der Waals surface area contributed by atoms with Crippen LogP contribution in [0.3, 0.4) is 0 Å². The number of para-hydroxylation sites is 1. The molecule has 0 atom stereocenters. The van der Waals surface area contributed by atoms with Gasteiger partial charge in [-0.1, -0.05) is 84.0 Å². The average molecular weight is 917 g/mol. The lowest BCUT2D eigenvalue weighted by Gasteiger charge is -2.30. The van der Waals surface area contributed by atoms with Crippen molar-refractivity contribution < 1.29 is 37.8 Å². The van der Waals surface area contributed by atoms with E-state index in [0.29, 0.717) is 17.0 Å². The number of hydrogen-bond donors (Lipinski definition) is 7. The fourth-order valence-electron chi connectivity index (χ4n) is 7.35. The number of ether oxygens (including phenoxy) is 1. The highest BCUT2D eigenvalue weighted by atomic mass is 32.2. The lowest BCUT2D eigenvalue weighted by Crippen LogP contribution is -2.23. The maximum atomic E-state index is 14.5. The van der Waals surface area contributed by atoms with Gasteiger partial charge in [-0.25, -0.2) is 18.2 Å². The molecule has 0 saturated carbocycles. The third-order valence-electron chi connectivity index (χ3n) is 11.9. The number of aromatic amines is 1. The van der Waals surface area contributed by atoms with Crippen LogP contribution in [-0.2, 0) is 33.7 Å². The van der Waals surface area contributed by atoms with Crippen LogP contribution in [0.4, 0.5) is 17.2 Å². The van der Waals surface area contributed by atoms with Crippen LogP contribution in [0.1, 0.15) is 108 Å². The number of amides is 3. The number of nitrogens with one attached hydrogen (secondary N) is 4. The summed E-state index contributed by atoms with van der Waals surface area (Å²) in [7, 11) is -4.49. The summed E-state index contributed by atoms with van der Waals surface area (Å²) in [6.07, 6.45) is 1.64. The molecule has 0 aliphatic carbocycles. The van der Waals surface area contributed by atoms with Crippen LogP contribution in [0.5, 0.6) is 11.5 Å². The number of benzene rings is 5. The van der Waals surface area contributed by atoms with Gasteiger partial charge in [0.05, 0.1) is 21.7 Å². The second-order valence-corrected chi connectivity index (χ2v) is 18.7. The van der Waals surface area contributed by atoms with Crippen molar-refractivity contribution in [3.63, 3.8) is 0 Å². The maximum Gasteiger partial charge on any atom is 0.273 e. The van der Waals surface area contributed by atoms with Gasteiger partial charge in [-0.2, -0.15) is 0 Å². The number of hydrogen-bond acceptors (Lipinski definition) is 9. The number of primary sulfonamides is 1. The number of carbonyl (C=O) groups is 3. The predicted octanol–water partition coefficient (Wildman–Crippen LogP) is 7.81. The number of H-pyrrole nitrogens is 1. The number of nitrogens with zero attached hydrogens (tertiary/aromatic N) is 1. The van der Waals surface area contributed by atoms with Crippen molar-refractivity contribution in [2.75, 3.05) is 29.2 Å². The minimum Gasteiger partial charge on any atom is -0.456 e. The maximum absolute atomic E-state index is 14.5. The molecule has 0 unspecified atom stereocenters. The Morgan fingerprint density at radius 1 is 0.697 bits per heavy atom. The van der Waals surface area contributed by atoms with Gasteiger partial charge >= 0.3 is 0 Å². The molecule has 0 bridgehead atoms. The summed E-state index contributed by atoms with van der Waals surface area (Å²) in [5.41, 5.74) is 2.47. The Morgan fingerprint density at radius 2 is 1.35 bits per heavy atom. The second kappa shape index (κ2) is 20.1. The van der Waals surface area contributed by atoms with Gasteiger partial charge in [-0.15, -0.1) is 0 Å². The lowest BCUT2D eigenvalue weighted by molar-refractivity contribution is 0.101. The molecule has 0 saturated heterocycles. The monoisotopic (exact) mass is 916 g/mol. The molecular formula is C50H56N6O9S.